The molecule has 6 heteroatoms. The number of hydrogen-bond acceptors (Lipinski definition) is 2. The first kappa shape index (κ1) is 14.2. The summed E-state index contributed by atoms with van der Waals surface area (Å²) in [6, 6.07) is 1.08. The molecule has 0 bridgehead atoms. The first-order chi connectivity index (χ1) is 9.45. The zero-order chi connectivity index (χ0) is 14.3. The van der Waals surface area contributed by atoms with Gasteiger partial charge in [-0.25, -0.2) is 4.98 Å². The third-order valence-electron chi connectivity index (χ3n) is 4.12. The summed E-state index contributed by atoms with van der Waals surface area (Å²) >= 11 is 3.04. The molecule has 0 spiro atoms. The van der Waals surface area contributed by atoms with Crippen molar-refractivity contribution in [3.05, 3.63) is 22.3 Å². The standard InChI is InChI=1S/C14H16BrF3N2/c15-10-5-12(14(16,17)18)13(19-6-10)20-7-11(8-1-2-8)9-3-4-9/h5-6,8-9,11H,1-4,7H2,(H,19,20). The zero-order valence-corrected chi connectivity index (χ0v) is 12.5. The van der Waals surface area contributed by atoms with Crippen molar-refractivity contribution in [1.82, 2.24) is 4.98 Å². The van der Waals surface area contributed by atoms with Gasteiger partial charge in [0.25, 0.3) is 0 Å². The van der Waals surface area contributed by atoms with Crippen LogP contribution >= 0.6 is 15.9 Å². The second kappa shape index (κ2) is 5.20. The lowest BCUT2D eigenvalue weighted by molar-refractivity contribution is -0.137. The highest BCUT2D eigenvalue weighted by atomic mass is 79.9. The average molecular weight is 349 g/mol. The van der Waals surface area contributed by atoms with Gasteiger partial charge >= 0.3 is 6.18 Å². The van der Waals surface area contributed by atoms with Crippen molar-refractivity contribution in [2.24, 2.45) is 17.8 Å². The van der Waals surface area contributed by atoms with Gasteiger partial charge in [0.15, 0.2) is 0 Å². The smallest absolute Gasteiger partial charge is 0.369 e. The van der Waals surface area contributed by atoms with Crippen LogP contribution in [0.25, 0.3) is 0 Å². The molecule has 1 N–H and O–H groups in total. The summed E-state index contributed by atoms with van der Waals surface area (Å²) in [5.74, 6) is 1.88. The summed E-state index contributed by atoms with van der Waals surface area (Å²) in [7, 11) is 0. The maximum atomic E-state index is 13.0. The van der Waals surface area contributed by atoms with Crippen LogP contribution in [0, 0.1) is 17.8 Å². The number of rotatable bonds is 5. The van der Waals surface area contributed by atoms with Gasteiger partial charge in [-0.1, -0.05) is 0 Å². The maximum Gasteiger partial charge on any atom is 0.419 e. The summed E-state index contributed by atoms with van der Waals surface area (Å²) in [4.78, 5) is 3.90. The van der Waals surface area contributed by atoms with E-state index >= 15 is 0 Å². The highest BCUT2D eigenvalue weighted by molar-refractivity contribution is 9.10. The number of halogens is 4. The number of hydrogen-bond donors (Lipinski definition) is 1. The van der Waals surface area contributed by atoms with Gasteiger partial charge in [0.05, 0.1) is 5.56 Å². The third-order valence-corrected chi connectivity index (χ3v) is 4.55. The molecular formula is C14H16BrF3N2. The molecule has 110 valence electrons. The molecule has 2 aliphatic carbocycles. The van der Waals surface area contributed by atoms with Gasteiger partial charge in [-0.05, 0) is 65.4 Å². The predicted molar refractivity (Wildman–Crippen MR) is 74.4 cm³/mol. The Bertz CT molecular complexity index is 484. The Morgan fingerprint density at radius 2 is 1.85 bits per heavy atom. The fourth-order valence-electron chi connectivity index (χ4n) is 2.78. The minimum Gasteiger partial charge on any atom is -0.369 e. The largest absolute Gasteiger partial charge is 0.419 e. The van der Waals surface area contributed by atoms with E-state index in [0.29, 0.717) is 28.8 Å². The fourth-order valence-corrected chi connectivity index (χ4v) is 3.11. The van der Waals surface area contributed by atoms with Gasteiger partial charge in [0.1, 0.15) is 5.82 Å². The topological polar surface area (TPSA) is 24.9 Å². The van der Waals surface area contributed by atoms with Crippen LogP contribution in [0.15, 0.2) is 16.7 Å². The van der Waals surface area contributed by atoms with E-state index in [-0.39, 0.29) is 5.82 Å². The molecule has 0 unspecified atom stereocenters. The molecule has 3 rings (SSSR count). The highest BCUT2D eigenvalue weighted by Crippen LogP contribution is 2.49. The van der Waals surface area contributed by atoms with Crippen LogP contribution in [0.5, 0.6) is 0 Å². The summed E-state index contributed by atoms with van der Waals surface area (Å²) in [5, 5.41) is 2.94. The minimum absolute atomic E-state index is 0.0491. The third kappa shape index (κ3) is 3.27. The van der Waals surface area contributed by atoms with Crippen LogP contribution in [-0.4, -0.2) is 11.5 Å². The summed E-state index contributed by atoms with van der Waals surface area (Å²) in [6.45, 7) is 0.604. The number of anilines is 1. The molecule has 1 aromatic rings. The van der Waals surface area contributed by atoms with Crippen LogP contribution in [0.3, 0.4) is 0 Å². The van der Waals surface area contributed by atoms with E-state index in [4.69, 9.17) is 0 Å². The monoisotopic (exact) mass is 348 g/mol. The summed E-state index contributed by atoms with van der Waals surface area (Å²) < 4.78 is 39.3. The summed E-state index contributed by atoms with van der Waals surface area (Å²) in [5.41, 5.74) is -0.697. The van der Waals surface area contributed by atoms with Crippen LogP contribution in [-0.2, 0) is 6.18 Å². The molecular weight excluding hydrogens is 333 g/mol. The van der Waals surface area contributed by atoms with Gasteiger partial charge in [-0.15, -0.1) is 0 Å². The molecule has 0 saturated heterocycles. The molecule has 0 amide bonds. The number of aromatic nitrogens is 1. The second-order valence-corrected chi connectivity index (χ2v) is 6.68. The van der Waals surface area contributed by atoms with E-state index in [1.165, 1.54) is 31.9 Å². The van der Waals surface area contributed by atoms with E-state index in [0.717, 1.165) is 6.07 Å². The first-order valence-corrected chi connectivity index (χ1v) is 7.71. The lowest BCUT2D eigenvalue weighted by Crippen LogP contribution is -2.21. The minimum atomic E-state index is -4.38. The van der Waals surface area contributed by atoms with Gasteiger partial charge < -0.3 is 5.32 Å². The van der Waals surface area contributed by atoms with E-state index in [2.05, 4.69) is 26.2 Å². The highest BCUT2D eigenvalue weighted by Gasteiger charge is 2.41. The van der Waals surface area contributed by atoms with Gasteiger partial charge in [0.2, 0.25) is 0 Å². The molecule has 20 heavy (non-hydrogen) atoms. The van der Waals surface area contributed by atoms with E-state index in [1.807, 2.05) is 0 Å². The van der Waals surface area contributed by atoms with E-state index in [9.17, 15) is 13.2 Å². The molecule has 1 aromatic heterocycles. The SMILES string of the molecule is FC(F)(F)c1cc(Br)cnc1NCC(C1CC1)C1CC1. The Balaban J connectivity index is 1.73. The summed E-state index contributed by atoms with van der Waals surface area (Å²) in [6.07, 6.45) is 1.92. The predicted octanol–water partition coefficient (Wildman–Crippen LogP) is 4.71. The van der Waals surface area contributed by atoms with E-state index < -0.39 is 11.7 Å². The van der Waals surface area contributed by atoms with Crippen LogP contribution in [0.2, 0.25) is 0 Å². The van der Waals surface area contributed by atoms with Crippen molar-refractivity contribution in [2.45, 2.75) is 31.9 Å². The molecule has 2 aliphatic rings. The second-order valence-electron chi connectivity index (χ2n) is 5.77. The lowest BCUT2D eigenvalue weighted by Gasteiger charge is -2.19. The van der Waals surface area contributed by atoms with Gasteiger partial charge in [0, 0.05) is 17.2 Å². The quantitative estimate of drug-likeness (QED) is 0.833. The maximum absolute atomic E-state index is 13.0. The van der Waals surface area contributed by atoms with Crippen molar-refractivity contribution < 1.29 is 13.2 Å². The average Bonchev–Trinajstić information content (AvgIpc) is 3.24. The van der Waals surface area contributed by atoms with Crippen molar-refractivity contribution in [3.63, 3.8) is 0 Å². The number of alkyl halides is 3. The lowest BCUT2D eigenvalue weighted by atomic mass is 9.98. The molecule has 2 nitrogen and oxygen atoms in total. The Hall–Kier alpha value is -0.780. The molecule has 0 atom stereocenters. The van der Waals surface area contributed by atoms with E-state index in [1.54, 1.807) is 0 Å². The van der Waals surface area contributed by atoms with Crippen molar-refractivity contribution in [2.75, 3.05) is 11.9 Å². The molecule has 0 aromatic carbocycles. The Morgan fingerprint density at radius 3 is 2.35 bits per heavy atom. The van der Waals surface area contributed by atoms with Crippen LogP contribution in [0.4, 0.5) is 19.0 Å². The zero-order valence-electron chi connectivity index (χ0n) is 10.9. The van der Waals surface area contributed by atoms with Crippen LogP contribution in [0.1, 0.15) is 31.2 Å². The van der Waals surface area contributed by atoms with Crippen molar-refractivity contribution in [3.8, 4) is 0 Å². The van der Waals surface area contributed by atoms with Crippen LogP contribution < -0.4 is 5.32 Å². The van der Waals surface area contributed by atoms with Crippen molar-refractivity contribution in [1.29, 1.82) is 0 Å². The fraction of sp³-hybridized carbons (Fsp3) is 0.643. The first-order valence-electron chi connectivity index (χ1n) is 6.92. The normalized spacial score (nSPS) is 19.4. The molecule has 1 heterocycles. The molecule has 2 saturated carbocycles. The molecule has 0 radical (unpaired) electrons. The Kier molecular flexibility index (Phi) is 3.69. The molecule has 0 aliphatic heterocycles. The van der Waals surface area contributed by atoms with Gasteiger partial charge in [-0.2, -0.15) is 13.2 Å². The number of nitrogens with zero attached hydrogens (tertiary/aromatic N) is 1. The van der Waals surface area contributed by atoms with Crippen molar-refractivity contribution >= 4 is 21.7 Å². The number of nitrogens with one attached hydrogen (secondary N) is 1. The van der Waals surface area contributed by atoms with Gasteiger partial charge in [-0.3, -0.25) is 0 Å². The Labute approximate surface area is 124 Å². The molecule has 2 fully saturated rings. The number of pyridine rings is 1. The Morgan fingerprint density at radius 1 is 1.25 bits per heavy atom.